The van der Waals surface area contributed by atoms with E-state index in [1.165, 1.54) is 5.56 Å². The van der Waals surface area contributed by atoms with Gasteiger partial charge in [-0.15, -0.1) is 0 Å². The van der Waals surface area contributed by atoms with Crippen LogP contribution in [0.1, 0.15) is 32.8 Å². The monoisotopic (exact) mass is 309 g/mol. The molecule has 2 rings (SSSR count). The van der Waals surface area contributed by atoms with Crippen LogP contribution in [-0.4, -0.2) is 43.2 Å². The fourth-order valence-electron chi connectivity index (χ4n) is 2.83. The van der Waals surface area contributed by atoms with Crippen molar-refractivity contribution in [3.05, 3.63) is 28.8 Å². The van der Waals surface area contributed by atoms with E-state index in [-0.39, 0.29) is 11.6 Å². The minimum Gasteiger partial charge on any atom is -0.367 e. The van der Waals surface area contributed by atoms with Crippen molar-refractivity contribution in [2.45, 2.75) is 45.2 Å². The summed E-state index contributed by atoms with van der Waals surface area (Å²) < 4.78 is 0. The van der Waals surface area contributed by atoms with E-state index >= 15 is 0 Å². The van der Waals surface area contributed by atoms with Gasteiger partial charge in [0.2, 0.25) is 0 Å². The molecule has 1 aromatic rings. The Labute approximate surface area is 134 Å². The Balaban J connectivity index is 2.14. The lowest BCUT2D eigenvalue weighted by atomic mass is 9.98. The predicted molar refractivity (Wildman–Crippen MR) is 92.3 cm³/mol. The summed E-state index contributed by atoms with van der Waals surface area (Å²) in [6, 6.07) is 6.62. The van der Waals surface area contributed by atoms with Gasteiger partial charge in [0.1, 0.15) is 0 Å². The Hall–Kier alpha value is -0.770. The molecule has 1 unspecified atom stereocenters. The van der Waals surface area contributed by atoms with Crippen molar-refractivity contribution < 1.29 is 0 Å². The number of piperazine rings is 1. The first kappa shape index (κ1) is 16.6. The second kappa shape index (κ2) is 6.55. The molecule has 118 valence electrons. The molecule has 1 heterocycles. The van der Waals surface area contributed by atoms with E-state index in [0.29, 0.717) is 0 Å². The quantitative estimate of drug-likeness (QED) is 0.927. The molecular formula is C17H28ClN3. The molecule has 0 bridgehead atoms. The molecule has 0 saturated carbocycles. The molecule has 3 nitrogen and oxygen atoms in total. The van der Waals surface area contributed by atoms with Crippen LogP contribution in [0.15, 0.2) is 18.2 Å². The van der Waals surface area contributed by atoms with Crippen molar-refractivity contribution in [3.63, 3.8) is 0 Å². The highest BCUT2D eigenvalue weighted by Gasteiger charge is 2.31. The highest BCUT2D eigenvalue weighted by Crippen LogP contribution is 2.31. The van der Waals surface area contributed by atoms with Crippen LogP contribution >= 0.6 is 11.6 Å². The predicted octanol–water partition coefficient (Wildman–Crippen LogP) is 3.15. The zero-order valence-corrected chi connectivity index (χ0v) is 14.5. The van der Waals surface area contributed by atoms with Gasteiger partial charge in [-0.3, -0.25) is 4.90 Å². The van der Waals surface area contributed by atoms with E-state index < -0.39 is 0 Å². The lowest BCUT2D eigenvalue weighted by Crippen LogP contribution is -2.57. The highest BCUT2D eigenvalue weighted by molar-refractivity contribution is 6.33. The number of benzene rings is 1. The average Bonchev–Trinajstić information content (AvgIpc) is 2.42. The van der Waals surface area contributed by atoms with Crippen molar-refractivity contribution in [2.75, 3.05) is 31.6 Å². The molecule has 4 heteroatoms. The summed E-state index contributed by atoms with van der Waals surface area (Å²) in [5.74, 6) is 0. The molecule has 0 aromatic heterocycles. The normalized spacial score (nSPS) is 20.6. The first-order chi connectivity index (χ1) is 9.83. The number of halogens is 1. The Morgan fingerprint density at radius 3 is 2.62 bits per heavy atom. The smallest absolute Gasteiger partial charge is 0.0642 e. The second-order valence-electron chi connectivity index (χ2n) is 6.81. The Morgan fingerprint density at radius 2 is 2.05 bits per heavy atom. The second-order valence-corrected chi connectivity index (χ2v) is 7.22. The molecule has 21 heavy (non-hydrogen) atoms. The van der Waals surface area contributed by atoms with Crippen LogP contribution in [0.4, 0.5) is 5.69 Å². The Morgan fingerprint density at radius 1 is 1.33 bits per heavy atom. The molecule has 0 radical (unpaired) electrons. The first-order valence-corrected chi connectivity index (χ1v) is 8.21. The topological polar surface area (TPSA) is 32.5 Å². The van der Waals surface area contributed by atoms with Gasteiger partial charge in [-0.2, -0.15) is 0 Å². The van der Waals surface area contributed by atoms with Crippen molar-refractivity contribution in [3.8, 4) is 0 Å². The van der Waals surface area contributed by atoms with Crippen LogP contribution in [-0.2, 0) is 6.42 Å². The molecule has 1 aromatic carbocycles. The average molecular weight is 310 g/mol. The number of hydrogen-bond acceptors (Lipinski definition) is 3. The Kier molecular flexibility index (Phi) is 5.18. The van der Waals surface area contributed by atoms with Crippen LogP contribution in [0.25, 0.3) is 0 Å². The van der Waals surface area contributed by atoms with Gasteiger partial charge in [0, 0.05) is 31.2 Å². The van der Waals surface area contributed by atoms with Crippen molar-refractivity contribution in [2.24, 2.45) is 5.73 Å². The summed E-state index contributed by atoms with van der Waals surface area (Å²) in [6.45, 7) is 9.76. The summed E-state index contributed by atoms with van der Waals surface area (Å²) in [5.41, 5.74) is 8.57. The summed E-state index contributed by atoms with van der Waals surface area (Å²) in [7, 11) is 2.19. The van der Waals surface area contributed by atoms with E-state index in [2.05, 4.69) is 55.8 Å². The van der Waals surface area contributed by atoms with Gasteiger partial charge < -0.3 is 10.6 Å². The maximum Gasteiger partial charge on any atom is 0.0642 e. The van der Waals surface area contributed by atoms with Gasteiger partial charge in [0.15, 0.2) is 0 Å². The SMILES string of the molecule is CCC(N)Cc1ccc(N2CCN(C)C(C)(C)C2)c(Cl)c1. The third kappa shape index (κ3) is 3.91. The number of anilines is 1. The maximum absolute atomic E-state index is 6.52. The van der Waals surface area contributed by atoms with Gasteiger partial charge in [-0.05, 0) is 51.4 Å². The molecular weight excluding hydrogens is 282 g/mol. The summed E-state index contributed by atoms with van der Waals surface area (Å²) in [4.78, 5) is 4.80. The molecule has 1 atom stereocenters. The van der Waals surface area contributed by atoms with Gasteiger partial charge in [0.05, 0.1) is 10.7 Å². The third-order valence-corrected chi connectivity index (χ3v) is 4.99. The molecule has 0 amide bonds. The van der Waals surface area contributed by atoms with Gasteiger partial charge >= 0.3 is 0 Å². The molecule has 1 aliphatic rings. The van der Waals surface area contributed by atoms with Crippen LogP contribution in [0.2, 0.25) is 5.02 Å². The van der Waals surface area contributed by atoms with Crippen LogP contribution in [0.5, 0.6) is 0 Å². The molecule has 1 fully saturated rings. The van der Waals surface area contributed by atoms with Crippen molar-refractivity contribution >= 4 is 17.3 Å². The fourth-order valence-corrected chi connectivity index (χ4v) is 3.15. The van der Waals surface area contributed by atoms with Crippen LogP contribution < -0.4 is 10.6 Å². The Bertz CT molecular complexity index is 487. The number of nitrogens with two attached hydrogens (primary N) is 1. The van der Waals surface area contributed by atoms with Crippen LogP contribution in [0, 0.1) is 0 Å². The van der Waals surface area contributed by atoms with Gasteiger partial charge in [0.25, 0.3) is 0 Å². The molecule has 1 aliphatic heterocycles. The largest absolute Gasteiger partial charge is 0.367 e. The van der Waals surface area contributed by atoms with E-state index in [1.54, 1.807) is 0 Å². The van der Waals surface area contributed by atoms with Crippen molar-refractivity contribution in [1.29, 1.82) is 0 Å². The van der Waals surface area contributed by atoms with Gasteiger partial charge in [-0.25, -0.2) is 0 Å². The lowest BCUT2D eigenvalue weighted by molar-refractivity contribution is 0.139. The van der Waals surface area contributed by atoms with E-state index in [4.69, 9.17) is 17.3 Å². The standard InChI is InChI=1S/C17H28ClN3/c1-5-14(19)10-13-6-7-16(15(18)11-13)21-9-8-20(4)17(2,3)12-21/h6-7,11,14H,5,8-10,12,19H2,1-4H3. The maximum atomic E-state index is 6.52. The first-order valence-electron chi connectivity index (χ1n) is 7.83. The zero-order valence-electron chi connectivity index (χ0n) is 13.7. The van der Waals surface area contributed by atoms with Gasteiger partial charge in [-0.1, -0.05) is 24.6 Å². The molecule has 0 spiro atoms. The lowest BCUT2D eigenvalue weighted by Gasteiger charge is -2.46. The van der Waals surface area contributed by atoms with E-state index in [9.17, 15) is 0 Å². The van der Waals surface area contributed by atoms with Crippen molar-refractivity contribution in [1.82, 2.24) is 4.90 Å². The summed E-state index contributed by atoms with van der Waals surface area (Å²) >= 11 is 6.52. The third-order valence-electron chi connectivity index (χ3n) is 4.69. The minimum atomic E-state index is 0.171. The molecule has 2 N–H and O–H groups in total. The summed E-state index contributed by atoms with van der Waals surface area (Å²) in [6.07, 6.45) is 1.89. The fraction of sp³-hybridized carbons (Fsp3) is 0.647. The minimum absolute atomic E-state index is 0.171. The summed E-state index contributed by atoms with van der Waals surface area (Å²) in [5, 5.41) is 0.844. The molecule has 0 aliphatic carbocycles. The van der Waals surface area contributed by atoms with E-state index in [0.717, 1.165) is 43.2 Å². The zero-order chi connectivity index (χ0) is 15.6. The number of hydrogen-bond donors (Lipinski definition) is 1. The number of nitrogens with zero attached hydrogens (tertiary/aromatic N) is 2. The number of rotatable bonds is 4. The number of likely N-dealkylation sites (N-methyl/N-ethyl adjacent to an activating group) is 1. The van der Waals surface area contributed by atoms with E-state index in [1.807, 2.05) is 0 Å². The molecule has 1 saturated heterocycles. The van der Waals surface area contributed by atoms with Crippen LogP contribution in [0.3, 0.4) is 0 Å². The highest BCUT2D eigenvalue weighted by atomic mass is 35.5.